The molecule has 5 nitrogen and oxygen atoms in total. The molecule has 0 aromatic heterocycles. The summed E-state index contributed by atoms with van der Waals surface area (Å²) in [5, 5.41) is 2.69. The standard InChI is InChI=1S/C10H18N2O3/c1-2-15-10(14)12-8-6-4-3-5-7(8)9(11)13/h7-8H,2-6H2,1H3,(H2,11,13)(H,12,14)/t7-,8+/m0/s1. The Hall–Kier alpha value is -1.26. The molecule has 2 amide bonds. The summed E-state index contributed by atoms with van der Waals surface area (Å²) < 4.78 is 4.77. The highest BCUT2D eigenvalue weighted by molar-refractivity contribution is 5.78. The lowest BCUT2D eigenvalue weighted by molar-refractivity contribution is -0.123. The third-order valence-electron chi connectivity index (χ3n) is 2.71. The third kappa shape index (κ3) is 3.42. The molecule has 0 aromatic carbocycles. The normalized spacial score (nSPS) is 25.7. The Morgan fingerprint density at radius 1 is 1.40 bits per heavy atom. The number of hydrogen-bond donors (Lipinski definition) is 2. The van der Waals surface area contributed by atoms with Crippen molar-refractivity contribution in [2.75, 3.05) is 6.61 Å². The van der Waals surface area contributed by atoms with Crippen LogP contribution in [0.5, 0.6) is 0 Å². The minimum absolute atomic E-state index is 0.157. The molecule has 0 unspecified atom stereocenters. The van der Waals surface area contributed by atoms with Gasteiger partial charge in [0.25, 0.3) is 0 Å². The van der Waals surface area contributed by atoms with Gasteiger partial charge in [0, 0.05) is 6.04 Å². The molecule has 1 saturated carbocycles. The number of ether oxygens (including phenoxy) is 1. The molecule has 0 aliphatic heterocycles. The van der Waals surface area contributed by atoms with Gasteiger partial charge in [0.15, 0.2) is 0 Å². The van der Waals surface area contributed by atoms with Crippen LogP contribution in [-0.4, -0.2) is 24.6 Å². The highest BCUT2D eigenvalue weighted by Crippen LogP contribution is 2.24. The van der Waals surface area contributed by atoms with Gasteiger partial charge in [-0.2, -0.15) is 0 Å². The predicted octanol–water partition coefficient (Wildman–Crippen LogP) is 0.777. The van der Waals surface area contributed by atoms with E-state index in [9.17, 15) is 9.59 Å². The number of amides is 2. The summed E-state index contributed by atoms with van der Waals surface area (Å²) >= 11 is 0. The second-order valence-electron chi connectivity index (χ2n) is 3.76. The van der Waals surface area contributed by atoms with Crippen LogP contribution in [0.1, 0.15) is 32.6 Å². The monoisotopic (exact) mass is 214 g/mol. The third-order valence-corrected chi connectivity index (χ3v) is 2.71. The topological polar surface area (TPSA) is 81.4 Å². The Morgan fingerprint density at radius 3 is 2.67 bits per heavy atom. The molecule has 0 spiro atoms. The average Bonchev–Trinajstić information content (AvgIpc) is 2.18. The van der Waals surface area contributed by atoms with Gasteiger partial charge in [0.1, 0.15) is 0 Å². The van der Waals surface area contributed by atoms with Gasteiger partial charge in [-0.25, -0.2) is 4.79 Å². The molecular formula is C10H18N2O3. The fraction of sp³-hybridized carbons (Fsp3) is 0.800. The van der Waals surface area contributed by atoms with E-state index in [0.29, 0.717) is 6.61 Å². The summed E-state index contributed by atoms with van der Waals surface area (Å²) in [5.74, 6) is -0.584. The summed E-state index contributed by atoms with van der Waals surface area (Å²) in [6.07, 6.45) is 3.10. The van der Waals surface area contributed by atoms with Crippen molar-refractivity contribution in [3.63, 3.8) is 0 Å². The Kier molecular flexibility index (Phi) is 4.39. The first-order chi connectivity index (χ1) is 7.15. The van der Waals surface area contributed by atoms with Gasteiger partial charge in [-0.3, -0.25) is 4.79 Å². The summed E-state index contributed by atoms with van der Waals surface area (Å²) in [7, 11) is 0. The zero-order valence-corrected chi connectivity index (χ0v) is 8.99. The summed E-state index contributed by atoms with van der Waals surface area (Å²) in [5.41, 5.74) is 5.28. The van der Waals surface area contributed by atoms with Gasteiger partial charge in [0.2, 0.25) is 5.91 Å². The smallest absolute Gasteiger partial charge is 0.407 e. The van der Waals surface area contributed by atoms with Crippen LogP contribution in [0.4, 0.5) is 4.79 Å². The van der Waals surface area contributed by atoms with Crippen molar-refractivity contribution in [3.8, 4) is 0 Å². The molecule has 1 aliphatic carbocycles. The number of nitrogens with two attached hydrogens (primary N) is 1. The number of carbonyl (C=O) groups is 2. The molecule has 0 radical (unpaired) electrons. The maximum absolute atomic E-state index is 11.2. The number of primary amides is 1. The van der Waals surface area contributed by atoms with E-state index in [1.54, 1.807) is 6.92 Å². The first-order valence-corrected chi connectivity index (χ1v) is 5.37. The zero-order valence-electron chi connectivity index (χ0n) is 8.99. The molecule has 1 fully saturated rings. The average molecular weight is 214 g/mol. The van der Waals surface area contributed by atoms with Gasteiger partial charge >= 0.3 is 6.09 Å². The van der Waals surface area contributed by atoms with Crippen LogP contribution >= 0.6 is 0 Å². The van der Waals surface area contributed by atoms with Crippen LogP contribution in [0.15, 0.2) is 0 Å². The van der Waals surface area contributed by atoms with Gasteiger partial charge in [-0.05, 0) is 19.8 Å². The van der Waals surface area contributed by atoms with Crippen LogP contribution in [0.3, 0.4) is 0 Å². The first-order valence-electron chi connectivity index (χ1n) is 5.37. The largest absolute Gasteiger partial charge is 0.450 e. The summed E-state index contributed by atoms with van der Waals surface area (Å²) in [6.45, 7) is 2.08. The molecule has 1 rings (SSSR count). The van der Waals surface area contributed by atoms with Crippen LogP contribution < -0.4 is 11.1 Å². The lowest BCUT2D eigenvalue weighted by Crippen LogP contribution is -2.47. The van der Waals surface area contributed by atoms with Gasteiger partial charge in [-0.1, -0.05) is 12.8 Å². The van der Waals surface area contributed by atoms with Crippen molar-refractivity contribution in [3.05, 3.63) is 0 Å². The molecule has 0 bridgehead atoms. The number of alkyl carbamates (subject to hydrolysis) is 1. The number of hydrogen-bond acceptors (Lipinski definition) is 3. The molecular weight excluding hydrogens is 196 g/mol. The molecule has 1 aliphatic rings. The minimum atomic E-state index is -0.462. The molecule has 0 heterocycles. The summed E-state index contributed by atoms with van der Waals surface area (Å²) in [4.78, 5) is 22.3. The fourth-order valence-electron chi connectivity index (χ4n) is 1.97. The maximum atomic E-state index is 11.2. The minimum Gasteiger partial charge on any atom is -0.450 e. The van der Waals surface area contributed by atoms with Crippen molar-refractivity contribution in [2.45, 2.75) is 38.6 Å². The van der Waals surface area contributed by atoms with E-state index in [4.69, 9.17) is 10.5 Å². The van der Waals surface area contributed by atoms with E-state index in [0.717, 1.165) is 25.7 Å². The molecule has 2 atom stereocenters. The highest BCUT2D eigenvalue weighted by Gasteiger charge is 2.30. The quantitative estimate of drug-likeness (QED) is 0.728. The van der Waals surface area contributed by atoms with Crippen LogP contribution in [0, 0.1) is 5.92 Å². The highest BCUT2D eigenvalue weighted by atomic mass is 16.5. The summed E-state index contributed by atoms with van der Waals surface area (Å²) in [6, 6.07) is -0.157. The Labute approximate surface area is 89.3 Å². The SMILES string of the molecule is CCOC(=O)N[C@@H]1CCCC[C@@H]1C(N)=O. The van der Waals surface area contributed by atoms with Crippen molar-refractivity contribution in [2.24, 2.45) is 11.7 Å². The van der Waals surface area contributed by atoms with Crippen molar-refractivity contribution >= 4 is 12.0 Å². The van der Waals surface area contributed by atoms with Gasteiger partial charge < -0.3 is 15.8 Å². The van der Waals surface area contributed by atoms with E-state index in [1.807, 2.05) is 0 Å². The number of carbonyl (C=O) groups excluding carboxylic acids is 2. The number of rotatable bonds is 3. The predicted molar refractivity (Wildman–Crippen MR) is 55.1 cm³/mol. The van der Waals surface area contributed by atoms with Crippen LogP contribution in [-0.2, 0) is 9.53 Å². The molecule has 3 N–H and O–H groups in total. The molecule has 0 saturated heterocycles. The molecule has 5 heteroatoms. The second kappa shape index (κ2) is 5.58. The lowest BCUT2D eigenvalue weighted by Gasteiger charge is -2.29. The van der Waals surface area contributed by atoms with E-state index in [2.05, 4.69) is 5.32 Å². The van der Waals surface area contributed by atoms with Gasteiger partial charge in [0.05, 0.1) is 12.5 Å². The van der Waals surface area contributed by atoms with Crippen LogP contribution in [0.25, 0.3) is 0 Å². The van der Waals surface area contributed by atoms with Crippen molar-refractivity contribution in [1.29, 1.82) is 0 Å². The van der Waals surface area contributed by atoms with Gasteiger partial charge in [-0.15, -0.1) is 0 Å². The van der Waals surface area contributed by atoms with Crippen molar-refractivity contribution < 1.29 is 14.3 Å². The number of nitrogens with one attached hydrogen (secondary N) is 1. The maximum Gasteiger partial charge on any atom is 0.407 e. The first kappa shape index (κ1) is 11.8. The Bertz CT molecular complexity index is 243. The van der Waals surface area contributed by atoms with Crippen molar-refractivity contribution in [1.82, 2.24) is 5.32 Å². The van der Waals surface area contributed by atoms with E-state index in [-0.39, 0.29) is 17.9 Å². The molecule has 15 heavy (non-hydrogen) atoms. The van der Waals surface area contributed by atoms with Crippen LogP contribution in [0.2, 0.25) is 0 Å². The Balaban J connectivity index is 2.49. The molecule has 86 valence electrons. The van der Waals surface area contributed by atoms with E-state index < -0.39 is 6.09 Å². The van der Waals surface area contributed by atoms with E-state index in [1.165, 1.54) is 0 Å². The lowest BCUT2D eigenvalue weighted by atomic mass is 9.84. The van der Waals surface area contributed by atoms with E-state index >= 15 is 0 Å². The fourth-order valence-corrected chi connectivity index (χ4v) is 1.97. The second-order valence-corrected chi connectivity index (χ2v) is 3.76. The molecule has 0 aromatic rings. The Morgan fingerprint density at radius 2 is 2.07 bits per heavy atom. The zero-order chi connectivity index (χ0) is 11.3.